The Morgan fingerprint density at radius 2 is 1.55 bits per heavy atom. The maximum atomic E-state index is 5.80. The third-order valence-electron chi connectivity index (χ3n) is 5.36. The van der Waals surface area contributed by atoms with Crippen molar-refractivity contribution in [3.63, 3.8) is 0 Å². The first kappa shape index (κ1) is 16.3. The summed E-state index contributed by atoms with van der Waals surface area (Å²) in [6.07, 6.45) is 4.39. The van der Waals surface area contributed by atoms with Gasteiger partial charge in [-0.15, -0.1) is 0 Å². The second-order valence-electron chi connectivity index (χ2n) is 8.32. The fraction of sp³-hybridized carbons (Fsp3) is 1.00. The molecule has 2 rings (SSSR count). The lowest BCUT2D eigenvalue weighted by Crippen LogP contribution is -2.45. The predicted octanol–water partition coefficient (Wildman–Crippen LogP) is 3.00. The molecule has 3 heteroatoms. The van der Waals surface area contributed by atoms with Crippen LogP contribution in [-0.2, 0) is 4.74 Å². The zero-order chi connectivity index (χ0) is 15.0. The Morgan fingerprint density at radius 3 is 2.05 bits per heavy atom. The lowest BCUT2D eigenvalue weighted by molar-refractivity contribution is 0.0449. The van der Waals surface area contributed by atoms with Crippen LogP contribution in [0.25, 0.3) is 0 Å². The molecule has 0 radical (unpaired) electrons. The minimum absolute atomic E-state index is 0.253. The lowest BCUT2D eigenvalue weighted by atomic mass is 9.87. The van der Waals surface area contributed by atoms with Gasteiger partial charge in [-0.2, -0.15) is 0 Å². The zero-order valence-corrected chi connectivity index (χ0v) is 14.4. The van der Waals surface area contributed by atoms with Gasteiger partial charge >= 0.3 is 0 Å². The maximum Gasteiger partial charge on any atom is 0.0739 e. The average Bonchev–Trinajstić information content (AvgIpc) is 2.95. The summed E-state index contributed by atoms with van der Waals surface area (Å²) in [4.78, 5) is 5.27. The minimum Gasteiger partial charge on any atom is -0.380 e. The van der Waals surface area contributed by atoms with Crippen LogP contribution in [0.1, 0.15) is 53.9 Å². The molecule has 3 nitrogen and oxygen atoms in total. The van der Waals surface area contributed by atoms with Crippen molar-refractivity contribution in [1.29, 1.82) is 0 Å². The molecule has 0 aromatic rings. The highest BCUT2D eigenvalue weighted by atomic mass is 16.5. The smallest absolute Gasteiger partial charge is 0.0739 e. The first-order valence-electron chi connectivity index (χ1n) is 8.27. The summed E-state index contributed by atoms with van der Waals surface area (Å²) in [6.45, 7) is 16.6. The second-order valence-corrected chi connectivity index (χ2v) is 8.32. The zero-order valence-electron chi connectivity index (χ0n) is 14.4. The molecule has 0 bridgehead atoms. The summed E-state index contributed by atoms with van der Waals surface area (Å²) < 4.78 is 5.80. The van der Waals surface area contributed by atoms with Gasteiger partial charge in [0.2, 0.25) is 0 Å². The van der Waals surface area contributed by atoms with Crippen LogP contribution in [-0.4, -0.2) is 60.3 Å². The molecule has 118 valence electrons. The molecular weight excluding hydrogens is 248 g/mol. The molecule has 0 amide bonds. The Bertz CT molecular complexity index is 315. The van der Waals surface area contributed by atoms with E-state index in [1.807, 2.05) is 7.11 Å². The summed E-state index contributed by atoms with van der Waals surface area (Å²) in [7, 11) is 1.88. The Hall–Kier alpha value is -0.120. The van der Waals surface area contributed by atoms with Gasteiger partial charge in [0, 0.05) is 37.2 Å². The van der Waals surface area contributed by atoms with Gasteiger partial charge in [0.15, 0.2) is 0 Å². The number of likely N-dealkylation sites (tertiary alicyclic amines) is 2. The van der Waals surface area contributed by atoms with Crippen LogP contribution < -0.4 is 0 Å². The molecule has 2 aliphatic heterocycles. The number of hydrogen-bond donors (Lipinski definition) is 0. The minimum atomic E-state index is 0.253. The van der Waals surface area contributed by atoms with Gasteiger partial charge in [0.25, 0.3) is 0 Å². The van der Waals surface area contributed by atoms with E-state index in [1.54, 1.807) is 0 Å². The standard InChI is InChI=1S/C17H34N2O/c1-16(2,3)19-12-14(15(13-19)20-6)11-17(4,5)18-9-7-8-10-18/h14-15H,7-13H2,1-6H3. The van der Waals surface area contributed by atoms with Gasteiger partial charge in [0.1, 0.15) is 0 Å². The molecule has 2 saturated heterocycles. The van der Waals surface area contributed by atoms with E-state index < -0.39 is 0 Å². The van der Waals surface area contributed by atoms with E-state index in [1.165, 1.54) is 38.9 Å². The molecule has 0 aliphatic carbocycles. The van der Waals surface area contributed by atoms with E-state index in [-0.39, 0.29) is 5.54 Å². The van der Waals surface area contributed by atoms with E-state index in [4.69, 9.17) is 4.74 Å². The van der Waals surface area contributed by atoms with E-state index >= 15 is 0 Å². The summed E-state index contributed by atoms with van der Waals surface area (Å²) in [5, 5.41) is 0. The first-order valence-corrected chi connectivity index (χ1v) is 8.27. The maximum absolute atomic E-state index is 5.80. The van der Waals surface area contributed by atoms with Crippen molar-refractivity contribution in [3.05, 3.63) is 0 Å². The molecule has 2 unspecified atom stereocenters. The molecule has 0 saturated carbocycles. The molecule has 0 N–H and O–H groups in total. The van der Waals surface area contributed by atoms with Crippen LogP contribution in [0.2, 0.25) is 0 Å². The highest BCUT2D eigenvalue weighted by Crippen LogP contribution is 2.35. The van der Waals surface area contributed by atoms with E-state index in [0.29, 0.717) is 17.6 Å². The van der Waals surface area contributed by atoms with E-state index in [2.05, 4.69) is 44.4 Å². The molecule has 2 heterocycles. The van der Waals surface area contributed by atoms with Crippen molar-refractivity contribution < 1.29 is 4.74 Å². The Kier molecular flexibility index (Phi) is 4.83. The van der Waals surface area contributed by atoms with Crippen molar-refractivity contribution in [2.45, 2.75) is 71.1 Å². The van der Waals surface area contributed by atoms with Crippen molar-refractivity contribution in [2.75, 3.05) is 33.3 Å². The third kappa shape index (κ3) is 3.55. The highest BCUT2D eigenvalue weighted by Gasteiger charge is 2.41. The Balaban J connectivity index is 2.00. The van der Waals surface area contributed by atoms with Crippen molar-refractivity contribution in [3.8, 4) is 0 Å². The Morgan fingerprint density at radius 1 is 0.950 bits per heavy atom. The van der Waals surface area contributed by atoms with Crippen LogP contribution in [0.4, 0.5) is 0 Å². The van der Waals surface area contributed by atoms with Crippen molar-refractivity contribution in [2.24, 2.45) is 5.92 Å². The van der Waals surface area contributed by atoms with Crippen LogP contribution in [0.15, 0.2) is 0 Å². The summed E-state index contributed by atoms with van der Waals surface area (Å²) in [5.74, 6) is 0.662. The molecule has 2 fully saturated rings. The second kappa shape index (κ2) is 5.94. The Labute approximate surface area is 125 Å². The number of nitrogens with zero attached hydrogens (tertiary/aromatic N) is 2. The van der Waals surface area contributed by atoms with E-state index in [0.717, 1.165) is 6.54 Å². The topological polar surface area (TPSA) is 15.7 Å². The number of ether oxygens (including phenoxy) is 1. The van der Waals surface area contributed by atoms with Crippen molar-refractivity contribution >= 4 is 0 Å². The molecule has 0 spiro atoms. The van der Waals surface area contributed by atoms with Gasteiger partial charge in [-0.1, -0.05) is 0 Å². The lowest BCUT2D eigenvalue weighted by Gasteiger charge is -2.38. The predicted molar refractivity (Wildman–Crippen MR) is 85.1 cm³/mol. The average molecular weight is 282 g/mol. The third-order valence-corrected chi connectivity index (χ3v) is 5.36. The first-order chi connectivity index (χ1) is 9.24. The molecule has 0 aromatic carbocycles. The quantitative estimate of drug-likeness (QED) is 0.788. The molecule has 2 aliphatic rings. The summed E-state index contributed by atoms with van der Waals surface area (Å²) >= 11 is 0. The fourth-order valence-corrected chi connectivity index (χ4v) is 3.95. The normalized spacial score (nSPS) is 30.3. The van der Waals surface area contributed by atoms with Gasteiger partial charge in [0.05, 0.1) is 6.10 Å². The molecule has 2 atom stereocenters. The highest BCUT2D eigenvalue weighted by molar-refractivity contribution is 4.96. The summed E-state index contributed by atoms with van der Waals surface area (Å²) in [6, 6.07) is 0. The van der Waals surface area contributed by atoms with Crippen molar-refractivity contribution in [1.82, 2.24) is 9.80 Å². The van der Waals surface area contributed by atoms with Gasteiger partial charge in [-0.3, -0.25) is 9.80 Å². The number of methoxy groups -OCH3 is 1. The fourth-order valence-electron chi connectivity index (χ4n) is 3.95. The monoisotopic (exact) mass is 282 g/mol. The summed E-state index contributed by atoms with van der Waals surface area (Å²) in [5.41, 5.74) is 0.565. The van der Waals surface area contributed by atoms with Gasteiger partial charge < -0.3 is 4.74 Å². The SMILES string of the molecule is COC1CN(C(C)(C)C)CC1CC(C)(C)N1CCCC1. The van der Waals surface area contributed by atoms with Crippen LogP contribution >= 0.6 is 0 Å². The molecule has 0 aromatic heterocycles. The number of rotatable bonds is 4. The molecular formula is C17H34N2O. The van der Waals surface area contributed by atoms with Crippen LogP contribution in [0, 0.1) is 5.92 Å². The largest absolute Gasteiger partial charge is 0.380 e. The van der Waals surface area contributed by atoms with Gasteiger partial charge in [-0.25, -0.2) is 0 Å². The van der Waals surface area contributed by atoms with Gasteiger partial charge in [-0.05, 0) is 67.0 Å². The van der Waals surface area contributed by atoms with E-state index in [9.17, 15) is 0 Å². The number of hydrogen-bond acceptors (Lipinski definition) is 3. The molecule has 20 heavy (non-hydrogen) atoms. The van der Waals surface area contributed by atoms with Crippen LogP contribution in [0.5, 0.6) is 0 Å². The van der Waals surface area contributed by atoms with Crippen LogP contribution in [0.3, 0.4) is 0 Å².